The number of carboxylic acids is 1. The van der Waals surface area contributed by atoms with Crippen molar-refractivity contribution in [2.24, 2.45) is 10.7 Å². The van der Waals surface area contributed by atoms with Crippen LogP contribution in [0, 0.1) is 0 Å². The largest absolute Gasteiger partial charge is 0.477 e. The van der Waals surface area contributed by atoms with Gasteiger partial charge in [-0.3, -0.25) is 14.7 Å². The Morgan fingerprint density at radius 2 is 2.38 bits per heavy atom. The van der Waals surface area contributed by atoms with Crippen molar-refractivity contribution in [1.82, 2.24) is 4.90 Å². The van der Waals surface area contributed by atoms with Crippen LogP contribution in [-0.4, -0.2) is 68.5 Å². The number of β-lactam (4-membered cyclic amide) rings is 1. The number of hydrogen-bond acceptors (Lipinski definition) is 6. The number of fused-ring (bicyclic) bond motifs is 1. The minimum absolute atomic E-state index is 0.114. The van der Waals surface area contributed by atoms with Gasteiger partial charge in [-0.1, -0.05) is 0 Å². The summed E-state index contributed by atoms with van der Waals surface area (Å²) in [5.74, 6) is -1.47. The molecule has 0 bridgehead atoms. The number of carboxylic acid groups (broad SMARTS) is 1. The molecular weight excluding hydrogens is 298 g/mol. The molecule has 5 N–H and O–H groups in total. The van der Waals surface area contributed by atoms with Gasteiger partial charge < -0.3 is 21.1 Å². The maximum atomic E-state index is 12.0. The van der Waals surface area contributed by atoms with Crippen molar-refractivity contribution in [1.29, 1.82) is 0 Å². The summed E-state index contributed by atoms with van der Waals surface area (Å²) < 4.78 is 0. The number of aliphatic hydroxyl groups is 2. The molecule has 1 fully saturated rings. The van der Waals surface area contributed by atoms with Gasteiger partial charge >= 0.3 is 5.97 Å². The highest BCUT2D eigenvalue weighted by Gasteiger charge is 2.67. The number of nitrogens with two attached hydrogens (primary N) is 1. The monoisotopic (exact) mass is 315 g/mol. The van der Waals surface area contributed by atoms with Gasteiger partial charge in [0.2, 0.25) is 0 Å². The molecule has 2 heterocycles. The molecule has 0 saturated carbocycles. The lowest BCUT2D eigenvalue weighted by atomic mass is 9.78. The molecule has 8 nitrogen and oxygen atoms in total. The fraction of sp³-hybridized carbons (Fsp3) is 0.583. The minimum Gasteiger partial charge on any atom is -0.477 e. The van der Waals surface area contributed by atoms with E-state index in [0.717, 1.165) is 4.90 Å². The lowest BCUT2D eigenvalue weighted by molar-refractivity contribution is -0.204. The molecule has 0 aromatic carbocycles. The van der Waals surface area contributed by atoms with Crippen molar-refractivity contribution in [2.75, 3.05) is 12.3 Å². The second-order valence-electron chi connectivity index (χ2n) is 4.88. The number of aliphatic imine (C=N–C) groups is 1. The van der Waals surface area contributed by atoms with Crippen molar-refractivity contribution in [3.05, 3.63) is 10.6 Å². The first-order valence-corrected chi connectivity index (χ1v) is 7.37. The fourth-order valence-electron chi connectivity index (χ4n) is 2.62. The van der Waals surface area contributed by atoms with Gasteiger partial charge in [0.05, 0.1) is 25.0 Å². The minimum atomic E-state index is -1.90. The summed E-state index contributed by atoms with van der Waals surface area (Å²) in [6.07, 6.45) is 0.128. The molecule has 2 aliphatic rings. The molecule has 9 heteroatoms. The Bertz CT molecular complexity index is 533. The number of amides is 1. The molecule has 0 aromatic rings. The third kappa shape index (κ3) is 2.30. The average Bonchev–Trinajstić information content (AvgIpc) is 2.79. The second-order valence-corrected chi connectivity index (χ2v) is 6.07. The maximum Gasteiger partial charge on any atom is 0.353 e. The summed E-state index contributed by atoms with van der Waals surface area (Å²) in [5.41, 5.74) is 3.10. The number of aliphatic carboxylic acids is 1. The van der Waals surface area contributed by atoms with Gasteiger partial charge in [0.1, 0.15) is 5.70 Å². The van der Waals surface area contributed by atoms with Crippen LogP contribution in [0.5, 0.6) is 0 Å². The Kier molecular flexibility index (Phi) is 4.26. The van der Waals surface area contributed by atoms with Crippen LogP contribution in [0.25, 0.3) is 0 Å². The highest BCUT2D eigenvalue weighted by molar-refractivity contribution is 8.03. The van der Waals surface area contributed by atoms with E-state index in [1.165, 1.54) is 25.0 Å². The molecule has 0 spiro atoms. The lowest BCUT2D eigenvalue weighted by Crippen LogP contribution is -2.76. The molecule has 1 amide bonds. The van der Waals surface area contributed by atoms with Crippen molar-refractivity contribution in [3.63, 3.8) is 0 Å². The van der Waals surface area contributed by atoms with E-state index in [9.17, 15) is 24.9 Å². The van der Waals surface area contributed by atoms with Gasteiger partial charge in [0, 0.05) is 17.1 Å². The Morgan fingerprint density at radius 3 is 2.90 bits per heavy atom. The summed E-state index contributed by atoms with van der Waals surface area (Å²) in [4.78, 5) is 28.8. The molecule has 0 radical (unpaired) electrons. The van der Waals surface area contributed by atoms with E-state index in [0.29, 0.717) is 17.2 Å². The average molecular weight is 315 g/mol. The topological polar surface area (TPSA) is 136 Å². The molecule has 116 valence electrons. The van der Waals surface area contributed by atoms with Crippen LogP contribution >= 0.6 is 11.8 Å². The number of thioether (sulfide) groups is 1. The molecule has 0 aliphatic carbocycles. The van der Waals surface area contributed by atoms with Crippen molar-refractivity contribution >= 4 is 30.0 Å². The van der Waals surface area contributed by atoms with Crippen LogP contribution in [0.2, 0.25) is 0 Å². The third-order valence-corrected chi connectivity index (χ3v) is 4.80. The van der Waals surface area contributed by atoms with E-state index in [1.807, 2.05) is 0 Å². The lowest BCUT2D eigenvalue weighted by Gasteiger charge is -2.51. The van der Waals surface area contributed by atoms with Crippen LogP contribution in [0.3, 0.4) is 0 Å². The second kappa shape index (κ2) is 5.66. The quantitative estimate of drug-likeness (QED) is 0.207. The molecule has 1 unspecified atom stereocenters. The van der Waals surface area contributed by atoms with Crippen LogP contribution < -0.4 is 5.73 Å². The molecule has 2 rings (SSSR count). The summed E-state index contributed by atoms with van der Waals surface area (Å²) in [5, 5.41) is 29.1. The zero-order chi connectivity index (χ0) is 15.8. The summed E-state index contributed by atoms with van der Waals surface area (Å²) in [7, 11) is 0. The highest BCUT2D eigenvalue weighted by atomic mass is 32.2. The van der Waals surface area contributed by atoms with Gasteiger partial charge in [-0.25, -0.2) is 4.79 Å². The number of nitrogens with zero attached hydrogens (tertiary/aromatic N) is 2. The van der Waals surface area contributed by atoms with E-state index in [-0.39, 0.29) is 12.1 Å². The van der Waals surface area contributed by atoms with Gasteiger partial charge in [-0.2, -0.15) is 0 Å². The zero-order valence-corrected chi connectivity index (χ0v) is 12.2. The number of carbonyl (C=O) groups is 2. The molecule has 21 heavy (non-hydrogen) atoms. The Balaban J connectivity index is 2.18. The van der Waals surface area contributed by atoms with Crippen LogP contribution in [0.1, 0.15) is 13.3 Å². The number of rotatable bonds is 6. The van der Waals surface area contributed by atoms with Gasteiger partial charge in [-0.15, -0.1) is 11.8 Å². The predicted molar refractivity (Wildman–Crippen MR) is 76.5 cm³/mol. The smallest absolute Gasteiger partial charge is 0.353 e. The van der Waals surface area contributed by atoms with E-state index >= 15 is 0 Å². The molecule has 1 saturated heterocycles. The number of hydrogen-bond donors (Lipinski definition) is 4. The third-order valence-electron chi connectivity index (χ3n) is 3.71. The van der Waals surface area contributed by atoms with Gasteiger partial charge in [0.15, 0.2) is 5.60 Å². The van der Waals surface area contributed by atoms with Crippen LogP contribution in [-0.2, 0) is 9.59 Å². The zero-order valence-electron chi connectivity index (χ0n) is 11.4. The Labute approximate surface area is 125 Å². The molecule has 0 aromatic heterocycles. The number of carbonyl (C=O) groups excluding carboxylic acids is 1. The van der Waals surface area contributed by atoms with E-state index in [2.05, 4.69) is 4.99 Å². The molecule has 3 atom stereocenters. The number of aliphatic hydroxyl groups excluding tert-OH is 1. The predicted octanol–water partition coefficient (Wildman–Crippen LogP) is -1.27. The molecule has 2 aliphatic heterocycles. The van der Waals surface area contributed by atoms with Crippen LogP contribution in [0.4, 0.5) is 0 Å². The first-order chi connectivity index (χ1) is 9.85. The SMILES string of the molecule is C[C@@H](O)C1(O)C(=O)N2C(C(=O)O)=C(SCCN=CN)C[C@@H]21. The summed E-state index contributed by atoms with van der Waals surface area (Å²) >= 11 is 1.27. The standard InChI is InChI=1S/C12H17N3O5S/c1-6(16)12(20)8-4-7(21-3-2-14-5-13)9(10(17)18)15(8)11(12)19/h5-6,8,16,20H,2-4H2,1H3,(H2,13,14)(H,17,18)/t6-,8-,12?/m1/s1. The first kappa shape index (κ1) is 15.8. The van der Waals surface area contributed by atoms with E-state index < -0.39 is 29.6 Å². The van der Waals surface area contributed by atoms with Crippen molar-refractivity contribution in [3.8, 4) is 0 Å². The van der Waals surface area contributed by atoms with Crippen molar-refractivity contribution in [2.45, 2.75) is 31.1 Å². The Hall–Kier alpha value is -1.58. The normalized spacial score (nSPS) is 29.8. The highest BCUT2D eigenvalue weighted by Crippen LogP contribution is 2.49. The maximum absolute atomic E-state index is 12.0. The fourth-order valence-corrected chi connectivity index (χ4v) is 3.66. The van der Waals surface area contributed by atoms with E-state index in [4.69, 9.17) is 5.73 Å². The Morgan fingerprint density at radius 1 is 1.71 bits per heavy atom. The summed E-state index contributed by atoms with van der Waals surface area (Å²) in [6.45, 7) is 1.74. The van der Waals surface area contributed by atoms with Gasteiger partial charge in [0.25, 0.3) is 5.91 Å². The van der Waals surface area contributed by atoms with Crippen molar-refractivity contribution < 1.29 is 24.9 Å². The first-order valence-electron chi connectivity index (χ1n) is 6.39. The van der Waals surface area contributed by atoms with E-state index in [1.54, 1.807) is 0 Å². The van der Waals surface area contributed by atoms with Crippen LogP contribution in [0.15, 0.2) is 15.6 Å². The summed E-state index contributed by atoms with van der Waals surface area (Å²) in [6, 6.07) is -0.725. The molecular formula is C12H17N3O5S. The van der Waals surface area contributed by atoms with Gasteiger partial charge in [-0.05, 0) is 6.92 Å².